The fourth-order valence-corrected chi connectivity index (χ4v) is 3.76. The van der Waals surface area contributed by atoms with Crippen LogP contribution in [0.2, 0.25) is 0 Å². The molecule has 2 saturated heterocycles. The van der Waals surface area contributed by atoms with Crippen LogP contribution in [0.15, 0.2) is 29.3 Å². The molecule has 1 aromatic rings. The zero-order chi connectivity index (χ0) is 19.9. The van der Waals surface area contributed by atoms with Crippen LogP contribution in [0.4, 0.5) is 0 Å². The monoisotopic (exact) mass is 385 g/mol. The summed E-state index contributed by atoms with van der Waals surface area (Å²) in [6.07, 6.45) is 1.62. The molecule has 0 unspecified atom stereocenters. The van der Waals surface area contributed by atoms with E-state index in [1.165, 1.54) is 5.56 Å². The van der Waals surface area contributed by atoms with Crippen molar-refractivity contribution in [2.45, 2.75) is 39.8 Å². The van der Waals surface area contributed by atoms with Gasteiger partial charge < -0.3 is 20.0 Å². The largest absolute Gasteiger partial charge is 0.357 e. The van der Waals surface area contributed by atoms with Crippen LogP contribution in [0.1, 0.15) is 37.8 Å². The molecule has 2 aliphatic rings. The molecule has 0 bridgehead atoms. The van der Waals surface area contributed by atoms with Gasteiger partial charge in [0.1, 0.15) is 0 Å². The second-order valence-corrected chi connectivity index (χ2v) is 7.35. The van der Waals surface area contributed by atoms with E-state index in [0.29, 0.717) is 19.5 Å². The molecule has 2 heterocycles. The van der Waals surface area contributed by atoms with Gasteiger partial charge in [0.05, 0.1) is 6.54 Å². The Labute approximate surface area is 167 Å². The number of rotatable bonds is 5. The minimum absolute atomic E-state index is 0.131. The number of piperazine rings is 1. The fourth-order valence-electron chi connectivity index (χ4n) is 3.76. The number of carbonyl (C=O) groups is 2. The zero-order valence-electron chi connectivity index (χ0n) is 17.0. The van der Waals surface area contributed by atoms with Gasteiger partial charge in [-0.15, -0.1) is 0 Å². The number of likely N-dealkylation sites (tertiary alicyclic amines) is 1. The van der Waals surface area contributed by atoms with Gasteiger partial charge in [0, 0.05) is 59.2 Å². The molecule has 0 aliphatic carbocycles. The van der Waals surface area contributed by atoms with Crippen LogP contribution in [0.5, 0.6) is 0 Å². The topological polar surface area (TPSA) is 68.2 Å². The van der Waals surface area contributed by atoms with Crippen LogP contribution < -0.4 is 5.32 Å². The van der Waals surface area contributed by atoms with Crippen molar-refractivity contribution in [2.75, 3.05) is 39.3 Å². The van der Waals surface area contributed by atoms with Crippen molar-refractivity contribution in [3.63, 3.8) is 0 Å². The van der Waals surface area contributed by atoms with Crippen LogP contribution >= 0.6 is 0 Å². The smallest absolute Gasteiger partial charge is 0.222 e. The van der Waals surface area contributed by atoms with Gasteiger partial charge in [-0.05, 0) is 24.5 Å². The summed E-state index contributed by atoms with van der Waals surface area (Å²) in [5.74, 6) is 1.26. The number of amides is 2. The second-order valence-electron chi connectivity index (χ2n) is 7.35. The maximum atomic E-state index is 12.0. The molecular weight excluding hydrogens is 354 g/mol. The first-order chi connectivity index (χ1) is 13.6. The number of hydrogen-bond acceptors (Lipinski definition) is 3. The number of aliphatic imine (C=N–C) groups is 1. The maximum Gasteiger partial charge on any atom is 0.222 e. The zero-order valence-corrected chi connectivity index (χ0v) is 17.0. The Balaban J connectivity index is 1.68. The lowest BCUT2D eigenvalue weighted by Crippen LogP contribution is -2.53. The van der Waals surface area contributed by atoms with E-state index >= 15 is 0 Å². The minimum atomic E-state index is 0.131. The highest BCUT2D eigenvalue weighted by Gasteiger charge is 2.22. The van der Waals surface area contributed by atoms with E-state index in [-0.39, 0.29) is 11.8 Å². The molecule has 0 saturated carbocycles. The Bertz CT molecular complexity index is 725. The van der Waals surface area contributed by atoms with Crippen molar-refractivity contribution < 1.29 is 9.59 Å². The number of carbonyl (C=O) groups excluding carboxylic acids is 2. The molecule has 0 atom stereocenters. The van der Waals surface area contributed by atoms with Crippen molar-refractivity contribution >= 4 is 17.8 Å². The first-order valence-corrected chi connectivity index (χ1v) is 10.2. The van der Waals surface area contributed by atoms with E-state index in [9.17, 15) is 9.59 Å². The highest BCUT2D eigenvalue weighted by atomic mass is 16.2. The molecule has 152 valence electrons. The molecule has 2 amide bonds. The minimum Gasteiger partial charge on any atom is -0.357 e. The number of guanidine groups is 1. The average Bonchev–Trinajstić information content (AvgIpc) is 3.11. The van der Waals surface area contributed by atoms with Gasteiger partial charge in [0.15, 0.2) is 5.96 Å². The summed E-state index contributed by atoms with van der Waals surface area (Å²) in [6.45, 7) is 9.61. The van der Waals surface area contributed by atoms with E-state index in [4.69, 9.17) is 4.99 Å². The van der Waals surface area contributed by atoms with Crippen molar-refractivity contribution in [1.29, 1.82) is 0 Å². The Morgan fingerprint density at radius 2 is 1.75 bits per heavy atom. The van der Waals surface area contributed by atoms with E-state index in [0.717, 1.165) is 57.2 Å². The van der Waals surface area contributed by atoms with Crippen molar-refractivity contribution in [2.24, 2.45) is 4.99 Å². The van der Waals surface area contributed by atoms with E-state index in [1.54, 1.807) is 6.92 Å². The normalized spacial score (nSPS) is 18.0. The molecule has 0 aromatic heterocycles. The van der Waals surface area contributed by atoms with Gasteiger partial charge in [-0.25, -0.2) is 4.99 Å². The predicted molar refractivity (Wildman–Crippen MR) is 110 cm³/mol. The molecule has 0 spiro atoms. The third-order valence-electron chi connectivity index (χ3n) is 5.41. The van der Waals surface area contributed by atoms with Gasteiger partial charge in [-0.3, -0.25) is 9.59 Å². The Morgan fingerprint density at radius 3 is 2.36 bits per heavy atom. The van der Waals surface area contributed by atoms with Gasteiger partial charge in [-0.1, -0.05) is 24.3 Å². The van der Waals surface area contributed by atoms with E-state index < -0.39 is 0 Å². The first-order valence-electron chi connectivity index (χ1n) is 10.2. The predicted octanol–water partition coefficient (Wildman–Crippen LogP) is 1.44. The summed E-state index contributed by atoms with van der Waals surface area (Å²) in [5.41, 5.74) is 2.32. The fraction of sp³-hybridized carbons (Fsp3) is 0.571. The molecule has 2 aliphatic heterocycles. The second kappa shape index (κ2) is 9.57. The molecule has 3 rings (SSSR count). The molecule has 7 nitrogen and oxygen atoms in total. The summed E-state index contributed by atoms with van der Waals surface area (Å²) < 4.78 is 0. The lowest BCUT2D eigenvalue weighted by molar-refractivity contribution is -0.130. The SMILES string of the molecule is CCNC(=NCc1ccccc1CN1CCCC1=O)N1CCN(C(C)=O)CC1. The molecule has 2 fully saturated rings. The van der Waals surface area contributed by atoms with Crippen molar-refractivity contribution in [3.8, 4) is 0 Å². The van der Waals surface area contributed by atoms with Crippen LogP contribution in [-0.4, -0.2) is 71.7 Å². The number of nitrogens with one attached hydrogen (secondary N) is 1. The Morgan fingerprint density at radius 1 is 1.07 bits per heavy atom. The summed E-state index contributed by atoms with van der Waals surface area (Å²) in [7, 11) is 0. The summed E-state index contributed by atoms with van der Waals surface area (Å²) in [5, 5.41) is 3.37. The molecule has 1 N–H and O–H groups in total. The first kappa shape index (κ1) is 20.2. The van der Waals surface area contributed by atoms with Gasteiger partial charge in [0.2, 0.25) is 11.8 Å². The van der Waals surface area contributed by atoms with E-state index in [1.807, 2.05) is 21.9 Å². The lowest BCUT2D eigenvalue weighted by Gasteiger charge is -2.36. The average molecular weight is 386 g/mol. The Hall–Kier alpha value is -2.57. The van der Waals surface area contributed by atoms with Gasteiger partial charge in [0.25, 0.3) is 0 Å². The van der Waals surface area contributed by atoms with Gasteiger partial charge >= 0.3 is 0 Å². The number of benzene rings is 1. The standard InChI is InChI=1S/C21H31N5O2/c1-3-22-21(25-13-11-24(12-14-25)17(2)27)23-15-18-7-4-5-8-19(18)16-26-10-6-9-20(26)28/h4-5,7-8H,3,6,9-16H2,1-2H3,(H,22,23). The molecular formula is C21H31N5O2. The molecule has 0 radical (unpaired) electrons. The van der Waals surface area contributed by atoms with Crippen LogP contribution in [0, 0.1) is 0 Å². The maximum absolute atomic E-state index is 12.0. The number of nitrogens with zero attached hydrogens (tertiary/aromatic N) is 4. The van der Waals surface area contributed by atoms with E-state index in [2.05, 4.69) is 29.3 Å². The highest BCUT2D eigenvalue weighted by molar-refractivity contribution is 5.81. The van der Waals surface area contributed by atoms with Crippen molar-refractivity contribution in [1.82, 2.24) is 20.0 Å². The van der Waals surface area contributed by atoms with Crippen molar-refractivity contribution in [3.05, 3.63) is 35.4 Å². The summed E-state index contributed by atoms with van der Waals surface area (Å²) in [4.78, 5) is 34.4. The number of hydrogen-bond donors (Lipinski definition) is 1. The molecule has 28 heavy (non-hydrogen) atoms. The molecule has 1 aromatic carbocycles. The van der Waals surface area contributed by atoms with Crippen LogP contribution in [0.3, 0.4) is 0 Å². The third kappa shape index (κ3) is 5.03. The third-order valence-corrected chi connectivity index (χ3v) is 5.41. The van der Waals surface area contributed by atoms with Gasteiger partial charge in [-0.2, -0.15) is 0 Å². The summed E-state index contributed by atoms with van der Waals surface area (Å²) >= 11 is 0. The quantitative estimate of drug-likeness (QED) is 0.615. The van der Waals surface area contributed by atoms with Crippen LogP contribution in [0.25, 0.3) is 0 Å². The van der Waals surface area contributed by atoms with Crippen LogP contribution in [-0.2, 0) is 22.7 Å². The Kier molecular flexibility index (Phi) is 6.90. The lowest BCUT2D eigenvalue weighted by atomic mass is 10.1. The molecule has 7 heteroatoms. The highest BCUT2D eigenvalue weighted by Crippen LogP contribution is 2.18. The summed E-state index contributed by atoms with van der Waals surface area (Å²) in [6, 6.07) is 8.24.